The molecule has 5 N–H and O–H groups in total. The smallest absolute Gasteiger partial charge is 0.693 e. The fourth-order valence-electron chi connectivity index (χ4n) is 6.35. The van der Waals surface area contributed by atoms with Gasteiger partial charge in [-0.05, 0) is 73.1 Å². The van der Waals surface area contributed by atoms with Gasteiger partial charge in [-0.1, -0.05) is 50.3 Å². The zero-order valence-electron chi connectivity index (χ0n) is 29.6. The van der Waals surface area contributed by atoms with E-state index in [1.165, 1.54) is 0 Å². The molecule has 0 spiro atoms. The number of aromatic nitrogens is 2. The molecule has 1 aliphatic rings. The fraction of sp³-hybridized carbons (Fsp3) is 0.282. The largest absolute Gasteiger partial charge is 1.00 e. The monoisotopic (exact) mass is 693 g/mol. The number of phenols is 1. The van der Waals surface area contributed by atoms with Crippen LogP contribution >= 0.6 is 0 Å². The molecule has 3 aromatic carbocycles. The Morgan fingerprint density at radius 2 is 1.80 bits per heavy atom. The topological polar surface area (TPSA) is 117 Å². The molecule has 49 heavy (non-hydrogen) atoms. The van der Waals surface area contributed by atoms with Crippen LogP contribution in [0.4, 0.5) is 14.5 Å². The minimum atomic E-state index is -0.991. The number of rotatable bonds is 10. The number of aryl methyl sites for hydroxylation is 1. The maximum absolute atomic E-state index is 15.2. The van der Waals surface area contributed by atoms with Crippen LogP contribution in [0.1, 0.15) is 79.3 Å². The van der Waals surface area contributed by atoms with Crippen molar-refractivity contribution in [3.05, 3.63) is 133 Å². The van der Waals surface area contributed by atoms with Gasteiger partial charge in [0.15, 0.2) is 23.0 Å². The van der Waals surface area contributed by atoms with Crippen LogP contribution in [0.25, 0.3) is 34.2 Å². The van der Waals surface area contributed by atoms with Crippen molar-refractivity contribution in [3.8, 4) is 17.0 Å². The van der Waals surface area contributed by atoms with Gasteiger partial charge in [-0.15, -0.1) is 0 Å². The summed E-state index contributed by atoms with van der Waals surface area (Å²) in [5.41, 5.74) is 8.77. The van der Waals surface area contributed by atoms with Gasteiger partial charge in [0.05, 0.1) is 17.1 Å². The zero-order chi connectivity index (χ0) is 31.7. The summed E-state index contributed by atoms with van der Waals surface area (Å²) in [5, 5.41) is 17.1. The maximum Gasteiger partial charge on any atom is 1.00 e. The van der Waals surface area contributed by atoms with E-state index in [1.54, 1.807) is 0 Å². The van der Waals surface area contributed by atoms with E-state index in [-0.39, 0.29) is 89.8 Å². The molecule has 2 aromatic heterocycles. The number of hydrogen-bond acceptors (Lipinski definition) is 6. The predicted octanol–water partition coefficient (Wildman–Crippen LogP) is 7.32. The quantitative estimate of drug-likeness (QED) is 0.104. The summed E-state index contributed by atoms with van der Waals surface area (Å²) in [4.78, 5) is 9.75. The van der Waals surface area contributed by atoms with Crippen LogP contribution in [-0.4, -0.2) is 28.7 Å². The summed E-state index contributed by atoms with van der Waals surface area (Å²) < 4.78 is 35.3. The fourth-order valence-corrected chi connectivity index (χ4v) is 6.35. The number of phenolic OH excluding ortho intramolecular Hbond substituents is 1. The van der Waals surface area contributed by atoms with Gasteiger partial charge >= 0.3 is 51.4 Å². The molecule has 5 aromatic rings. The van der Waals surface area contributed by atoms with E-state index in [0.717, 1.165) is 94.1 Å². The second kappa shape index (κ2) is 18.2. The molecule has 256 valence electrons. The van der Waals surface area contributed by atoms with Gasteiger partial charge in [-0.3, -0.25) is 4.98 Å². The van der Waals surface area contributed by atoms with Crippen LogP contribution < -0.4 is 62.0 Å². The molecule has 0 saturated heterocycles. The molecule has 0 radical (unpaired) electrons. The molecule has 2 heterocycles. The van der Waals surface area contributed by atoms with Gasteiger partial charge in [0.2, 0.25) is 0 Å². The zero-order valence-corrected chi connectivity index (χ0v) is 32.7. The first-order chi connectivity index (χ1) is 21.8. The van der Waals surface area contributed by atoms with Crippen molar-refractivity contribution in [2.75, 3.05) is 18.9 Å². The Balaban J connectivity index is 0.00000208. The molecule has 0 aliphatic heterocycles. The van der Waals surface area contributed by atoms with Crippen LogP contribution in [0, 0.1) is 26.5 Å². The van der Waals surface area contributed by atoms with Crippen molar-refractivity contribution >= 4 is 22.5 Å². The van der Waals surface area contributed by atoms with Gasteiger partial charge in [0.25, 0.3) is 0 Å². The number of pyridine rings is 1. The van der Waals surface area contributed by atoms with E-state index >= 15 is 4.39 Å². The normalized spacial score (nSPS) is 14.1. The Kier molecular flexibility index (Phi) is 15.6. The van der Waals surface area contributed by atoms with Crippen molar-refractivity contribution < 1.29 is 69.7 Å². The van der Waals surface area contributed by atoms with Crippen molar-refractivity contribution in [3.63, 3.8) is 0 Å². The van der Waals surface area contributed by atoms with Crippen LogP contribution in [-0.2, 0) is 12.8 Å². The van der Waals surface area contributed by atoms with Crippen LogP contribution in [0.3, 0.4) is 0 Å². The third-order valence-electron chi connectivity index (χ3n) is 8.76. The van der Waals surface area contributed by atoms with Crippen molar-refractivity contribution in [1.29, 1.82) is 0 Å². The van der Waals surface area contributed by atoms with Crippen LogP contribution in [0.15, 0.2) is 71.2 Å². The molecule has 0 saturated carbocycles. The molecular formula is C39H46F2KN5O2-2. The number of nitrogens with one attached hydrogen (secondary N) is 2. The minimum absolute atomic E-state index is 0. The van der Waals surface area contributed by atoms with E-state index < -0.39 is 17.4 Å². The number of fused-ring (bicyclic) bond motifs is 2. The molecule has 6 rings (SSSR count). The molecular weight excluding hydrogens is 648 g/mol. The number of halogens is 2. The van der Waals surface area contributed by atoms with E-state index in [1.807, 2.05) is 44.3 Å². The Bertz CT molecular complexity index is 1890. The first kappa shape index (κ1) is 42.0. The van der Waals surface area contributed by atoms with Gasteiger partial charge < -0.3 is 41.2 Å². The Labute approximate surface area is 332 Å². The van der Waals surface area contributed by atoms with Gasteiger partial charge in [-0.2, -0.15) is 0 Å². The van der Waals surface area contributed by atoms with E-state index in [4.69, 9.17) is 14.4 Å². The number of anilines is 1. The summed E-state index contributed by atoms with van der Waals surface area (Å²) in [6.45, 7) is 6.76. The standard InChI is InChI=1S/C37H38F2N4O2.2CH3.K.H2N/c1-5-10-35-43-37-32(40-4)15-23(16-34(37)45-35)30(6-2)41-20-27(22-11-8-7-9-12-22)31-17-25-21(3)13-14-24(25)36(42-31)26-18-33(44)29(39)19-28(26)38;;;;/h6-9,11-12,15-19,21,27,40-41,44H,5,10,13-14,20H2,1-4H3;2*1H3;;1H2/q;2*-1;+1;-1. The van der Waals surface area contributed by atoms with Gasteiger partial charge in [0, 0.05) is 48.8 Å². The molecule has 2 atom stereocenters. The number of aromatic hydroxyl groups is 1. The van der Waals surface area contributed by atoms with Gasteiger partial charge in [-0.25, -0.2) is 13.8 Å². The van der Waals surface area contributed by atoms with Gasteiger partial charge in [0.1, 0.15) is 11.3 Å². The van der Waals surface area contributed by atoms with Crippen molar-refractivity contribution in [2.45, 2.75) is 58.3 Å². The number of nitrogens with zero attached hydrogens (tertiary/aromatic N) is 2. The molecule has 0 bridgehead atoms. The second-order valence-corrected chi connectivity index (χ2v) is 11.7. The average Bonchev–Trinajstić information content (AvgIpc) is 3.63. The van der Waals surface area contributed by atoms with E-state index in [0.29, 0.717) is 12.2 Å². The number of oxazole rings is 1. The van der Waals surface area contributed by atoms with Crippen molar-refractivity contribution in [1.82, 2.24) is 15.3 Å². The Hall–Kier alpha value is -3.12. The first-order valence-corrected chi connectivity index (χ1v) is 15.6. The number of hydrogen-bond donors (Lipinski definition) is 3. The van der Waals surface area contributed by atoms with E-state index in [9.17, 15) is 9.50 Å². The summed E-state index contributed by atoms with van der Waals surface area (Å²) in [5.74, 6) is -1.53. The first-order valence-electron chi connectivity index (χ1n) is 15.6. The SMILES string of the molecule is CC=C(NCC(c1ccccc1)c1cc2c(c(-c3cc(O)c(F)cc3F)n1)CCC2C)c1cc(NC)c2nc(CCC)oc2c1.[CH3-].[CH3-].[K+].[NH2-]. The van der Waals surface area contributed by atoms with E-state index in [2.05, 4.69) is 48.7 Å². The maximum atomic E-state index is 15.2. The molecule has 10 heteroatoms. The molecule has 1 aliphatic carbocycles. The average molecular weight is 694 g/mol. The number of allylic oxidation sites excluding steroid dienone is 1. The molecule has 0 fully saturated rings. The summed E-state index contributed by atoms with van der Waals surface area (Å²) in [6.07, 6.45) is 5.41. The van der Waals surface area contributed by atoms with Crippen LogP contribution in [0.5, 0.6) is 5.75 Å². The predicted molar refractivity (Wildman–Crippen MR) is 194 cm³/mol. The third kappa shape index (κ3) is 8.61. The minimum Gasteiger partial charge on any atom is -0.693 e. The Morgan fingerprint density at radius 1 is 1.06 bits per heavy atom. The third-order valence-corrected chi connectivity index (χ3v) is 8.76. The summed E-state index contributed by atoms with van der Waals surface area (Å²) in [6, 6.07) is 18.2. The second-order valence-electron chi connectivity index (χ2n) is 11.7. The van der Waals surface area contributed by atoms with Crippen molar-refractivity contribution in [2.24, 2.45) is 0 Å². The molecule has 7 nitrogen and oxygen atoms in total. The number of benzene rings is 3. The molecule has 2 unspecified atom stereocenters. The van der Waals surface area contributed by atoms with Crippen LogP contribution in [0.2, 0.25) is 0 Å². The summed E-state index contributed by atoms with van der Waals surface area (Å²) in [7, 11) is 1.88. The molecule has 0 amide bonds. The number of nitrogens with two attached hydrogens (primary N) is 1. The summed E-state index contributed by atoms with van der Waals surface area (Å²) >= 11 is 0. The Morgan fingerprint density at radius 3 is 2.47 bits per heavy atom.